The first-order valence-electron chi connectivity index (χ1n) is 5.46. The molecule has 0 saturated heterocycles. The van der Waals surface area contributed by atoms with Gasteiger partial charge in [0.2, 0.25) is 0 Å². The van der Waals surface area contributed by atoms with E-state index in [4.69, 9.17) is 5.11 Å². The van der Waals surface area contributed by atoms with Crippen molar-refractivity contribution in [3.8, 4) is 0 Å². The summed E-state index contributed by atoms with van der Waals surface area (Å²) in [5, 5.41) is 13.7. The number of hydrogen-bond acceptors (Lipinski definition) is 4. The number of thiazole rings is 1. The summed E-state index contributed by atoms with van der Waals surface area (Å²) in [6, 6.07) is 0. The number of hydrogen-bond donors (Lipinski definition) is 2. The Hall–Kier alpha value is -1.43. The summed E-state index contributed by atoms with van der Waals surface area (Å²) in [5.74, 6) is -0.776. The van der Waals surface area contributed by atoms with Crippen molar-refractivity contribution >= 4 is 23.2 Å². The summed E-state index contributed by atoms with van der Waals surface area (Å²) in [6.07, 6.45) is 0.497. The van der Waals surface area contributed by atoms with Crippen LogP contribution in [0.4, 0.5) is 0 Å². The number of carboxylic acid groups (broad SMARTS) is 1. The summed E-state index contributed by atoms with van der Waals surface area (Å²) in [4.78, 5) is 26.1. The Balaban J connectivity index is 2.39. The molecule has 0 spiro atoms. The molecule has 0 fully saturated rings. The van der Waals surface area contributed by atoms with Gasteiger partial charge in [-0.1, -0.05) is 13.8 Å². The molecule has 0 unspecified atom stereocenters. The predicted molar refractivity (Wildman–Crippen MR) is 65.4 cm³/mol. The smallest absolute Gasteiger partial charge is 0.303 e. The number of nitrogens with one attached hydrogen (secondary N) is 1. The quantitative estimate of drug-likeness (QED) is 0.761. The van der Waals surface area contributed by atoms with Gasteiger partial charge < -0.3 is 10.4 Å². The summed E-state index contributed by atoms with van der Waals surface area (Å²) in [6.45, 7) is 4.40. The molecule has 1 amide bonds. The van der Waals surface area contributed by atoms with E-state index in [0.29, 0.717) is 24.6 Å². The second kappa shape index (κ2) is 6.34. The number of amides is 1. The Kier molecular flexibility index (Phi) is 5.09. The van der Waals surface area contributed by atoms with Gasteiger partial charge in [0, 0.05) is 24.3 Å². The Morgan fingerprint density at radius 2 is 2.24 bits per heavy atom. The van der Waals surface area contributed by atoms with Crippen LogP contribution in [0.15, 0.2) is 5.38 Å². The number of aromatic nitrogens is 1. The zero-order chi connectivity index (χ0) is 12.8. The summed E-state index contributed by atoms with van der Waals surface area (Å²) in [5.41, 5.74) is 0.411. The lowest BCUT2D eigenvalue weighted by Crippen LogP contribution is -2.25. The van der Waals surface area contributed by atoms with Gasteiger partial charge in [0.15, 0.2) is 0 Å². The number of carbonyl (C=O) groups is 2. The maximum absolute atomic E-state index is 11.6. The lowest BCUT2D eigenvalue weighted by Gasteiger charge is -2.01. The molecule has 0 bridgehead atoms. The molecular formula is C11H16N2O3S. The first kappa shape index (κ1) is 13.6. The molecule has 94 valence electrons. The Bertz CT molecular complexity index is 401. The zero-order valence-corrected chi connectivity index (χ0v) is 10.7. The third-order valence-corrected chi connectivity index (χ3v) is 3.25. The van der Waals surface area contributed by atoms with Crippen LogP contribution < -0.4 is 5.32 Å². The average molecular weight is 256 g/mol. The van der Waals surface area contributed by atoms with Crippen molar-refractivity contribution < 1.29 is 14.7 Å². The van der Waals surface area contributed by atoms with E-state index in [9.17, 15) is 9.59 Å². The number of rotatable bonds is 6. The topological polar surface area (TPSA) is 79.3 Å². The van der Waals surface area contributed by atoms with Crippen LogP contribution in [0.2, 0.25) is 0 Å². The van der Waals surface area contributed by atoms with E-state index >= 15 is 0 Å². The molecule has 5 nitrogen and oxygen atoms in total. The second-order valence-electron chi connectivity index (χ2n) is 3.98. The molecule has 0 saturated carbocycles. The van der Waals surface area contributed by atoms with Crippen LogP contribution in [-0.4, -0.2) is 28.5 Å². The lowest BCUT2D eigenvalue weighted by molar-refractivity contribution is -0.137. The number of carbonyl (C=O) groups excluding carboxylic acids is 1. The van der Waals surface area contributed by atoms with Crippen LogP contribution in [0.5, 0.6) is 0 Å². The molecule has 0 aliphatic carbocycles. The predicted octanol–water partition coefficient (Wildman–Crippen LogP) is 1.86. The number of carboxylic acids is 1. The first-order chi connectivity index (χ1) is 8.00. The van der Waals surface area contributed by atoms with Crippen molar-refractivity contribution in [3.63, 3.8) is 0 Å². The molecule has 0 aliphatic heterocycles. The normalized spacial score (nSPS) is 10.5. The highest BCUT2D eigenvalue weighted by Gasteiger charge is 2.11. The minimum atomic E-state index is -0.852. The minimum Gasteiger partial charge on any atom is -0.481 e. The highest BCUT2D eigenvalue weighted by Crippen LogP contribution is 2.18. The molecule has 1 rings (SSSR count). The minimum absolute atomic E-state index is 0.0641. The molecule has 0 radical (unpaired) electrons. The third kappa shape index (κ3) is 4.52. The Labute approximate surface area is 104 Å². The molecule has 2 N–H and O–H groups in total. The fraction of sp³-hybridized carbons (Fsp3) is 0.545. The van der Waals surface area contributed by atoms with Gasteiger partial charge in [0.05, 0.1) is 5.01 Å². The van der Waals surface area contributed by atoms with Crippen molar-refractivity contribution in [1.82, 2.24) is 10.3 Å². The van der Waals surface area contributed by atoms with E-state index in [1.807, 2.05) is 13.8 Å². The fourth-order valence-corrected chi connectivity index (χ4v) is 2.00. The van der Waals surface area contributed by atoms with Crippen LogP contribution >= 0.6 is 11.3 Å². The zero-order valence-electron chi connectivity index (χ0n) is 9.90. The second-order valence-corrected chi connectivity index (χ2v) is 4.87. The molecule has 0 aromatic carbocycles. The molecule has 1 aromatic rings. The molecule has 1 heterocycles. The van der Waals surface area contributed by atoms with Crippen molar-refractivity contribution in [2.45, 2.75) is 32.6 Å². The SMILES string of the molecule is CC(C)c1nc(C(=O)NCCCC(=O)O)cs1. The van der Waals surface area contributed by atoms with E-state index < -0.39 is 5.97 Å². The van der Waals surface area contributed by atoms with Crippen LogP contribution in [0.25, 0.3) is 0 Å². The molecular weight excluding hydrogens is 240 g/mol. The fourth-order valence-electron chi connectivity index (χ4n) is 1.19. The number of nitrogens with zero attached hydrogens (tertiary/aromatic N) is 1. The van der Waals surface area contributed by atoms with Gasteiger partial charge in [-0.15, -0.1) is 11.3 Å². The van der Waals surface area contributed by atoms with E-state index in [-0.39, 0.29) is 12.3 Å². The molecule has 17 heavy (non-hydrogen) atoms. The van der Waals surface area contributed by atoms with Crippen molar-refractivity contribution in [3.05, 3.63) is 16.1 Å². The van der Waals surface area contributed by atoms with Crippen LogP contribution in [-0.2, 0) is 4.79 Å². The summed E-state index contributed by atoms with van der Waals surface area (Å²) in [7, 11) is 0. The summed E-state index contributed by atoms with van der Waals surface area (Å²) >= 11 is 1.46. The average Bonchev–Trinajstić information content (AvgIpc) is 2.73. The van der Waals surface area contributed by atoms with Gasteiger partial charge in [-0.2, -0.15) is 0 Å². The van der Waals surface area contributed by atoms with Crippen LogP contribution in [0, 0.1) is 0 Å². The third-order valence-electron chi connectivity index (χ3n) is 2.10. The van der Waals surface area contributed by atoms with Crippen LogP contribution in [0.1, 0.15) is 48.1 Å². The van der Waals surface area contributed by atoms with Crippen molar-refractivity contribution in [2.24, 2.45) is 0 Å². The van der Waals surface area contributed by atoms with Gasteiger partial charge in [-0.05, 0) is 6.42 Å². The van der Waals surface area contributed by atoms with Gasteiger partial charge in [0.1, 0.15) is 5.69 Å². The maximum Gasteiger partial charge on any atom is 0.303 e. The molecule has 1 aromatic heterocycles. The van der Waals surface area contributed by atoms with E-state index in [0.717, 1.165) is 5.01 Å². The Morgan fingerprint density at radius 3 is 2.76 bits per heavy atom. The van der Waals surface area contributed by atoms with Gasteiger partial charge in [-0.25, -0.2) is 4.98 Å². The highest BCUT2D eigenvalue weighted by atomic mass is 32.1. The molecule has 0 aliphatic rings. The van der Waals surface area contributed by atoms with Crippen molar-refractivity contribution in [2.75, 3.05) is 6.54 Å². The molecule has 0 atom stereocenters. The largest absolute Gasteiger partial charge is 0.481 e. The Morgan fingerprint density at radius 1 is 1.53 bits per heavy atom. The standard InChI is InChI=1S/C11H16N2O3S/c1-7(2)11-13-8(6-17-11)10(16)12-5-3-4-9(14)15/h6-7H,3-5H2,1-2H3,(H,12,16)(H,14,15). The van der Waals surface area contributed by atoms with Gasteiger partial charge in [-0.3, -0.25) is 9.59 Å². The molecule has 6 heteroatoms. The van der Waals surface area contributed by atoms with Gasteiger partial charge >= 0.3 is 5.97 Å². The number of aliphatic carboxylic acids is 1. The van der Waals surface area contributed by atoms with Crippen LogP contribution in [0.3, 0.4) is 0 Å². The summed E-state index contributed by atoms with van der Waals surface area (Å²) < 4.78 is 0. The first-order valence-corrected chi connectivity index (χ1v) is 6.34. The van der Waals surface area contributed by atoms with Crippen molar-refractivity contribution in [1.29, 1.82) is 0 Å². The maximum atomic E-state index is 11.6. The van der Waals surface area contributed by atoms with E-state index in [1.54, 1.807) is 5.38 Å². The van der Waals surface area contributed by atoms with E-state index in [2.05, 4.69) is 10.3 Å². The van der Waals surface area contributed by atoms with E-state index in [1.165, 1.54) is 11.3 Å². The monoisotopic (exact) mass is 256 g/mol. The lowest BCUT2D eigenvalue weighted by atomic mass is 10.2. The highest BCUT2D eigenvalue weighted by molar-refractivity contribution is 7.09. The van der Waals surface area contributed by atoms with Gasteiger partial charge in [0.25, 0.3) is 5.91 Å².